The van der Waals surface area contributed by atoms with E-state index in [1.165, 1.54) is 24.4 Å². The number of benzene rings is 3. The van der Waals surface area contributed by atoms with Crippen LogP contribution in [0.5, 0.6) is 0 Å². The molecule has 0 saturated carbocycles. The third kappa shape index (κ3) is 27.6. The zero-order valence-corrected chi connectivity index (χ0v) is 47.7. The van der Waals surface area contributed by atoms with Gasteiger partial charge in [-0.3, -0.25) is 19.4 Å². The first kappa shape index (κ1) is 67.2. The maximum absolute atomic E-state index is 13.8. The molecule has 2 N–H and O–H groups in total. The van der Waals surface area contributed by atoms with Crippen LogP contribution in [0, 0.1) is 0 Å². The summed E-state index contributed by atoms with van der Waals surface area (Å²) in [5, 5.41) is 5.79. The fraction of sp³-hybridized carbons (Fsp3) is 0.567. The first-order valence-corrected chi connectivity index (χ1v) is 28.2. The summed E-state index contributed by atoms with van der Waals surface area (Å²) in [5.41, 5.74) is 3.80. The van der Waals surface area contributed by atoms with Crippen LogP contribution in [-0.2, 0) is 76.0 Å². The number of carbonyl (C=O) groups excluding carboxylic acids is 3. The number of halogens is 3. The van der Waals surface area contributed by atoms with Gasteiger partial charge in [-0.1, -0.05) is 24.3 Å². The fourth-order valence-corrected chi connectivity index (χ4v) is 8.29. The molecule has 4 aromatic rings. The molecule has 0 atom stereocenters. The molecule has 0 unspecified atom stereocenters. The maximum Gasteiger partial charge on any atom is 0.416 e. The molecule has 1 fully saturated rings. The molecule has 1 aromatic heterocycles. The molecule has 0 bridgehead atoms. The van der Waals surface area contributed by atoms with Gasteiger partial charge in [0.25, 0.3) is 11.8 Å². The topological polar surface area (TPSA) is 196 Å². The lowest BCUT2D eigenvalue weighted by Gasteiger charge is -2.29. The van der Waals surface area contributed by atoms with E-state index >= 15 is 0 Å². The lowest BCUT2D eigenvalue weighted by molar-refractivity contribution is -0.137. The van der Waals surface area contributed by atoms with Crippen LogP contribution in [0.1, 0.15) is 69.5 Å². The fourth-order valence-electron chi connectivity index (χ4n) is 8.29. The van der Waals surface area contributed by atoms with Gasteiger partial charge in [-0.25, -0.2) is 0 Å². The van der Waals surface area contributed by atoms with E-state index in [4.69, 9.17) is 52.1 Å². The first-order valence-electron chi connectivity index (χ1n) is 28.2. The van der Waals surface area contributed by atoms with Gasteiger partial charge < -0.3 is 72.5 Å². The second-order valence-corrected chi connectivity index (χ2v) is 19.0. The average molecular weight is 1160 g/mol. The van der Waals surface area contributed by atoms with Gasteiger partial charge in [-0.2, -0.15) is 13.2 Å². The van der Waals surface area contributed by atoms with Crippen molar-refractivity contribution in [2.75, 3.05) is 183 Å². The number of rotatable bonds is 44. The Morgan fingerprint density at radius 2 is 1.11 bits per heavy atom. The summed E-state index contributed by atoms with van der Waals surface area (Å²) in [7, 11) is 3.37. The summed E-state index contributed by atoms with van der Waals surface area (Å²) >= 11 is 0. The summed E-state index contributed by atoms with van der Waals surface area (Å²) in [6, 6.07) is 21.2. The Hall–Kier alpha value is -5.63. The minimum atomic E-state index is -4.50. The Morgan fingerprint density at radius 1 is 0.573 bits per heavy atom. The van der Waals surface area contributed by atoms with Crippen molar-refractivity contribution in [2.24, 2.45) is 0 Å². The Labute approximate surface area is 480 Å². The molecular weight excluding hydrogens is 1070 g/mol. The zero-order valence-electron chi connectivity index (χ0n) is 47.7. The zero-order chi connectivity index (χ0) is 58.3. The lowest BCUT2D eigenvalue weighted by Crippen LogP contribution is -2.31. The van der Waals surface area contributed by atoms with E-state index in [1.807, 2.05) is 36.4 Å². The highest BCUT2D eigenvalue weighted by molar-refractivity contribution is 6.06. The summed E-state index contributed by atoms with van der Waals surface area (Å²) < 4.78 is 100. The maximum atomic E-state index is 13.8. The third-order valence-corrected chi connectivity index (χ3v) is 12.8. The van der Waals surface area contributed by atoms with Gasteiger partial charge in [-0.05, 0) is 97.8 Å². The molecule has 82 heavy (non-hydrogen) atoms. The average Bonchev–Trinajstić information content (AvgIpc) is 3.66. The molecule has 1 saturated heterocycles. The molecule has 19 nitrogen and oxygen atoms in total. The number of hydrogen-bond donors (Lipinski definition) is 2. The van der Waals surface area contributed by atoms with Crippen molar-refractivity contribution in [1.82, 2.24) is 15.2 Å². The van der Waals surface area contributed by atoms with E-state index in [2.05, 4.69) is 20.5 Å². The predicted octanol–water partition coefficient (Wildman–Crippen LogP) is 7.53. The summed E-state index contributed by atoms with van der Waals surface area (Å²) in [5.74, 6) is -0.819. The van der Waals surface area contributed by atoms with Crippen molar-refractivity contribution in [2.45, 2.75) is 51.2 Å². The van der Waals surface area contributed by atoms with Crippen molar-refractivity contribution >= 4 is 29.1 Å². The van der Waals surface area contributed by atoms with Crippen LogP contribution in [-0.4, -0.2) is 200 Å². The number of aromatic nitrogens is 1. The Morgan fingerprint density at radius 3 is 1.71 bits per heavy atom. The number of amides is 3. The number of nitrogens with one attached hydrogen (secondary N) is 2. The van der Waals surface area contributed by atoms with Gasteiger partial charge in [0, 0.05) is 75.5 Å². The summed E-state index contributed by atoms with van der Waals surface area (Å²) in [4.78, 5) is 48.1. The number of aryl methyl sites for hydroxylation is 1. The van der Waals surface area contributed by atoms with Crippen LogP contribution in [0.3, 0.4) is 0 Å². The van der Waals surface area contributed by atoms with E-state index < -0.39 is 17.6 Å². The standard InChI is InChI=1S/C60H84F3N5O14/c1-67(21-24-75-29-32-79-37-38-81-41-42-82-40-39-80-34-33-76-26-25-72-2)57(69)17-23-74-28-31-78-36-35-77-30-27-73-22-8-11-48-9-6-12-50(43-48)59(71)66-55-15-14-53(68-19-4-3-5-20-68)46-54(55)56-45-51(16-18-64-56)58(70)65-47-49-10-7-13-52(44-49)60(61,62)63/h6-7,9-10,12-16,18,43-46H,3-5,8,11,17,19-42,47H2,1-2H3,(H,65,70)(H,66,71). The predicted molar refractivity (Wildman–Crippen MR) is 303 cm³/mol. The van der Waals surface area contributed by atoms with Crippen LogP contribution in [0.15, 0.2) is 85.1 Å². The number of pyridine rings is 1. The molecule has 3 amide bonds. The lowest BCUT2D eigenvalue weighted by atomic mass is 10.0. The van der Waals surface area contributed by atoms with E-state index in [0.29, 0.717) is 180 Å². The van der Waals surface area contributed by atoms with Crippen LogP contribution in [0.25, 0.3) is 11.3 Å². The third-order valence-electron chi connectivity index (χ3n) is 12.8. The number of ether oxygens (including phenoxy) is 11. The van der Waals surface area contributed by atoms with Crippen molar-refractivity contribution in [3.05, 3.63) is 113 Å². The Bertz CT molecular complexity index is 2420. The monoisotopic (exact) mass is 1160 g/mol. The summed E-state index contributed by atoms with van der Waals surface area (Å²) in [6.07, 6.45) is 1.98. The van der Waals surface area contributed by atoms with Gasteiger partial charge in [0.2, 0.25) is 5.91 Å². The molecule has 2 heterocycles. The van der Waals surface area contributed by atoms with E-state index in [1.54, 1.807) is 31.2 Å². The number of alkyl halides is 3. The normalized spacial score (nSPS) is 12.7. The van der Waals surface area contributed by atoms with E-state index in [-0.39, 0.29) is 30.3 Å². The van der Waals surface area contributed by atoms with Crippen LogP contribution >= 0.6 is 0 Å². The largest absolute Gasteiger partial charge is 0.416 e. The van der Waals surface area contributed by atoms with Crippen LogP contribution < -0.4 is 15.5 Å². The number of likely N-dealkylation sites (N-methyl/N-ethyl adjacent to an activating group) is 1. The van der Waals surface area contributed by atoms with E-state index in [0.717, 1.165) is 62.2 Å². The Balaban J connectivity index is 0.869. The molecule has 0 aliphatic carbocycles. The number of anilines is 2. The van der Waals surface area contributed by atoms with Gasteiger partial charge in [0.05, 0.1) is 156 Å². The molecule has 3 aromatic carbocycles. The first-order chi connectivity index (χ1) is 40.0. The second-order valence-electron chi connectivity index (χ2n) is 19.0. The second kappa shape index (κ2) is 40.6. The molecule has 22 heteroatoms. The minimum Gasteiger partial charge on any atom is -0.382 e. The molecule has 1 aliphatic heterocycles. The van der Waals surface area contributed by atoms with Crippen molar-refractivity contribution in [3.63, 3.8) is 0 Å². The minimum absolute atomic E-state index is 0.0305. The SMILES string of the molecule is COCCOCCOCCOCCOCCOCCOCCN(C)C(=O)CCOCCOCCOCCOCCCc1cccc(C(=O)Nc2ccc(N3CCCCC3)cc2-c2cc(C(=O)NCc3cccc(C(F)(F)F)c3)ccn2)c1. The van der Waals surface area contributed by atoms with Gasteiger partial charge in [-0.15, -0.1) is 0 Å². The van der Waals surface area contributed by atoms with Crippen molar-refractivity contribution in [1.29, 1.82) is 0 Å². The molecule has 454 valence electrons. The molecule has 5 rings (SSSR count). The van der Waals surface area contributed by atoms with Gasteiger partial charge in [0.15, 0.2) is 0 Å². The van der Waals surface area contributed by atoms with Gasteiger partial charge >= 0.3 is 6.18 Å². The van der Waals surface area contributed by atoms with Crippen LogP contribution in [0.4, 0.5) is 24.5 Å². The highest BCUT2D eigenvalue weighted by Crippen LogP contribution is 2.34. The quantitative estimate of drug-likeness (QED) is 0.0412. The van der Waals surface area contributed by atoms with Gasteiger partial charge in [0.1, 0.15) is 0 Å². The van der Waals surface area contributed by atoms with Crippen molar-refractivity contribution in [3.8, 4) is 11.3 Å². The van der Waals surface area contributed by atoms with E-state index in [9.17, 15) is 27.6 Å². The molecule has 0 radical (unpaired) electrons. The smallest absolute Gasteiger partial charge is 0.382 e. The number of nitrogens with zero attached hydrogens (tertiary/aromatic N) is 3. The number of carbonyl (C=O) groups is 3. The molecule has 0 spiro atoms. The highest BCUT2D eigenvalue weighted by atomic mass is 19.4. The molecule has 1 aliphatic rings. The Kier molecular flexibility index (Phi) is 33.2. The summed E-state index contributed by atoms with van der Waals surface area (Å²) in [6.45, 7) is 11.7. The van der Waals surface area contributed by atoms with Crippen molar-refractivity contribution < 1.29 is 79.7 Å². The molecular formula is C60H84F3N5O14. The van der Waals surface area contributed by atoms with Crippen LogP contribution in [0.2, 0.25) is 0 Å². The number of methoxy groups -OCH3 is 1. The number of hydrogen-bond acceptors (Lipinski definition) is 16. The number of piperidine rings is 1. The highest BCUT2D eigenvalue weighted by Gasteiger charge is 2.30.